The van der Waals surface area contributed by atoms with E-state index in [4.69, 9.17) is 14.6 Å². The molecule has 15 heteroatoms. The Labute approximate surface area is 306 Å². The normalized spacial score (nSPS) is 10.7. The molecular formula is C38H41N8O7+. The predicted molar refractivity (Wildman–Crippen MR) is 198 cm³/mol. The number of carboxylic acids is 1. The van der Waals surface area contributed by atoms with Crippen LogP contribution in [0.2, 0.25) is 0 Å². The van der Waals surface area contributed by atoms with Crippen LogP contribution in [0.25, 0.3) is 0 Å². The molecule has 15 nitrogen and oxygen atoms in total. The lowest BCUT2D eigenvalue weighted by molar-refractivity contribution is -0.647. The van der Waals surface area contributed by atoms with Crippen molar-refractivity contribution in [3.63, 3.8) is 0 Å². The van der Waals surface area contributed by atoms with E-state index in [0.29, 0.717) is 79.9 Å². The lowest BCUT2D eigenvalue weighted by atomic mass is 10.1. The van der Waals surface area contributed by atoms with E-state index in [1.54, 1.807) is 84.4 Å². The second kappa shape index (κ2) is 19.1. The summed E-state index contributed by atoms with van der Waals surface area (Å²) < 4.78 is 13.0. The molecule has 0 saturated carbocycles. The van der Waals surface area contributed by atoms with Gasteiger partial charge in [0.15, 0.2) is 0 Å². The topological polar surface area (TPSA) is 200 Å². The zero-order chi connectivity index (χ0) is 37.4. The number of ether oxygens (including phenoxy) is 2. The highest BCUT2D eigenvalue weighted by molar-refractivity contribution is 5.95. The summed E-state index contributed by atoms with van der Waals surface area (Å²) >= 11 is 0. The fourth-order valence-corrected chi connectivity index (χ4v) is 4.84. The Bertz CT molecular complexity index is 1960. The molecule has 0 radical (unpaired) electrons. The van der Waals surface area contributed by atoms with Gasteiger partial charge in [-0.25, -0.2) is 9.36 Å². The molecule has 0 aliphatic carbocycles. The van der Waals surface area contributed by atoms with Crippen molar-refractivity contribution in [1.82, 2.24) is 20.6 Å². The van der Waals surface area contributed by atoms with Crippen LogP contribution in [-0.2, 0) is 23.1 Å². The first-order valence-electron chi connectivity index (χ1n) is 16.8. The molecule has 53 heavy (non-hydrogen) atoms. The van der Waals surface area contributed by atoms with Crippen LogP contribution in [0.4, 0.5) is 29.2 Å². The first-order chi connectivity index (χ1) is 25.7. The number of carbonyl (C=O) groups is 3. The van der Waals surface area contributed by atoms with Crippen LogP contribution >= 0.6 is 0 Å². The number of hydrogen-bond acceptors (Lipinski definition) is 11. The number of aromatic carboxylic acids is 1. The number of aromatic nitrogens is 3. The van der Waals surface area contributed by atoms with Gasteiger partial charge in [0, 0.05) is 37.0 Å². The number of nitrogens with one attached hydrogen (secondary N) is 5. The number of nitrogens with zero attached hydrogens (tertiary/aromatic N) is 3. The number of rotatable bonds is 19. The number of aromatic hydroxyl groups is 1. The summed E-state index contributed by atoms with van der Waals surface area (Å²) in [6.45, 7) is 2.56. The molecule has 0 unspecified atom stereocenters. The molecule has 0 spiro atoms. The molecule has 0 saturated heterocycles. The van der Waals surface area contributed by atoms with Gasteiger partial charge >= 0.3 is 23.8 Å². The van der Waals surface area contributed by atoms with Crippen LogP contribution in [0.1, 0.15) is 36.6 Å². The molecule has 2 amide bonds. The van der Waals surface area contributed by atoms with E-state index in [0.717, 1.165) is 5.56 Å². The quantitative estimate of drug-likeness (QED) is 0.0368. The highest BCUT2D eigenvalue weighted by Crippen LogP contribution is 2.20. The van der Waals surface area contributed by atoms with Gasteiger partial charge in [-0.1, -0.05) is 40.3 Å². The summed E-state index contributed by atoms with van der Waals surface area (Å²) in [7, 11) is 1.80. The largest absolute Gasteiger partial charge is 0.508 e. The van der Waals surface area contributed by atoms with Crippen molar-refractivity contribution >= 4 is 47.0 Å². The summed E-state index contributed by atoms with van der Waals surface area (Å²) in [6, 6.07) is 28.7. The van der Waals surface area contributed by atoms with Crippen molar-refractivity contribution < 1.29 is 38.6 Å². The molecule has 274 valence electrons. The third-order valence-corrected chi connectivity index (χ3v) is 7.71. The van der Waals surface area contributed by atoms with Crippen LogP contribution in [-0.4, -0.2) is 77.5 Å². The standard InChI is InChI=1S/C38H40N8O7/c1-46-37(40-20-22-53-24-23-52-21-19-39-33(48)27-5-3-2-4-6-27)44-36(42-30-15-17-32(47)18-16-30)45-38(46)43-31-13-11-28(12-14-31)34(49)41-25-26-7-9-29(10-8-26)35(50)51/h2-18H,19-25H2,1H3,(H6,39,40,41,42,43,44,45,47,48,49,50,51)/p+1. The first kappa shape index (κ1) is 37.7. The van der Waals surface area contributed by atoms with Crippen molar-refractivity contribution in [2.45, 2.75) is 6.54 Å². The van der Waals surface area contributed by atoms with Crippen molar-refractivity contribution in [3.8, 4) is 5.75 Å². The van der Waals surface area contributed by atoms with Gasteiger partial charge < -0.3 is 41.0 Å². The van der Waals surface area contributed by atoms with Gasteiger partial charge in [0.2, 0.25) is 0 Å². The summed E-state index contributed by atoms with van der Waals surface area (Å²) in [5, 5.41) is 34.1. The number of hydrogen-bond donors (Lipinski definition) is 7. The third-order valence-electron chi connectivity index (χ3n) is 7.71. The zero-order valence-electron chi connectivity index (χ0n) is 29.0. The average Bonchev–Trinajstić information content (AvgIpc) is 3.17. The van der Waals surface area contributed by atoms with Gasteiger partial charge in [-0.3, -0.25) is 14.9 Å². The van der Waals surface area contributed by atoms with E-state index in [1.807, 2.05) is 18.2 Å². The van der Waals surface area contributed by atoms with Crippen LogP contribution in [0.5, 0.6) is 5.75 Å². The molecule has 7 N–H and O–H groups in total. The zero-order valence-corrected chi connectivity index (χ0v) is 29.0. The Morgan fingerprint density at radius 1 is 0.642 bits per heavy atom. The molecule has 0 bridgehead atoms. The Morgan fingerprint density at radius 2 is 1.21 bits per heavy atom. The van der Waals surface area contributed by atoms with Gasteiger partial charge in [-0.05, 0) is 78.4 Å². The summed E-state index contributed by atoms with van der Waals surface area (Å²) in [6.07, 6.45) is 0. The Balaban J connectivity index is 1.12. The maximum absolute atomic E-state index is 12.8. The van der Waals surface area contributed by atoms with Crippen molar-refractivity contribution in [3.05, 3.63) is 125 Å². The fraction of sp³-hybridized carbons (Fsp3) is 0.211. The molecule has 0 aliphatic heterocycles. The third kappa shape index (κ3) is 11.7. The summed E-state index contributed by atoms with van der Waals surface area (Å²) in [5.41, 5.74) is 3.34. The molecule has 5 aromatic rings. The minimum atomic E-state index is -1.01. The second-order valence-electron chi connectivity index (χ2n) is 11.6. The molecule has 0 fully saturated rings. The van der Waals surface area contributed by atoms with Crippen molar-refractivity contribution in [2.75, 3.05) is 55.5 Å². The fourth-order valence-electron chi connectivity index (χ4n) is 4.84. The smallest absolute Gasteiger partial charge is 0.335 e. The molecule has 4 aromatic carbocycles. The number of anilines is 5. The molecule has 1 heterocycles. The summed E-state index contributed by atoms with van der Waals surface area (Å²) in [4.78, 5) is 45.2. The van der Waals surface area contributed by atoms with Crippen LogP contribution in [0.15, 0.2) is 103 Å². The van der Waals surface area contributed by atoms with E-state index in [2.05, 4.69) is 36.6 Å². The van der Waals surface area contributed by atoms with Crippen LogP contribution in [0, 0.1) is 0 Å². The molecule has 0 aliphatic rings. The van der Waals surface area contributed by atoms with Gasteiger partial charge in [0.05, 0.1) is 44.2 Å². The lowest BCUT2D eigenvalue weighted by Gasteiger charge is -2.12. The second-order valence-corrected chi connectivity index (χ2v) is 11.6. The number of carbonyl (C=O) groups excluding carboxylic acids is 2. The molecule has 1 aromatic heterocycles. The maximum Gasteiger partial charge on any atom is 0.335 e. The van der Waals surface area contributed by atoms with Crippen molar-refractivity contribution in [1.29, 1.82) is 0 Å². The van der Waals surface area contributed by atoms with Crippen LogP contribution in [0.3, 0.4) is 0 Å². The number of phenolic OH excluding ortho intramolecular Hbond substituents is 1. The van der Waals surface area contributed by atoms with E-state index < -0.39 is 5.97 Å². The Hall–Kier alpha value is -6.58. The van der Waals surface area contributed by atoms with Gasteiger partial charge in [0.1, 0.15) is 5.75 Å². The van der Waals surface area contributed by atoms with E-state index in [9.17, 15) is 19.5 Å². The monoisotopic (exact) mass is 721 g/mol. The minimum absolute atomic E-state index is 0.132. The number of phenols is 1. The predicted octanol–water partition coefficient (Wildman–Crippen LogP) is 4.00. The number of carboxylic acid groups (broad SMARTS) is 1. The van der Waals surface area contributed by atoms with Crippen molar-refractivity contribution in [2.24, 2.45) is 7.05 Å². The van der Waals surface area contributed by atoms with Gasteiger partial charge in [-0.15, -0.1) is 0 Å². The first-order valence-corrected chi connectivity index (χ1v) is 16.8. The summed E-state index contributed by atoms with van der Waals surface area (Å²) in [5.74, 6) is -0.0733. The Morgan fingerprint density at radius 3 is 1.89 bits per heavy atom. The van der Waals surface area contributed by atoms with Gasteiger partial charge in [0.25, 0.3) is 11.8 Å². The maximum atomic E-state index is 12.8. The lowest BCUT2D eigenvalue weighted by Crippen LogP contribution is -2.39. The molecular weight excluding hydrogens is 680 g/mol. The minimum Gasteiger partial charge on any atom is -0.508 e. The highest BCUT2D eigenvalue weighted by Gasteiger charge is 2.19. The number of amides is 2. The average molecular weight is 722 g/mol. The van der Waals surface area contributed by atoms with Crippen LogP contribution < -0.4 is 31.2 Å². The number of benzene rings is 4. The van der Waals surface area contributed by atoms with E-state index >= 15 is 0 Å². The van der Waals surface area contributed by atoms with Gasteiger partial charge in [-0.2, -0.15) is 0 Å². The highest BCUT2D eigenvalue weighted by atomic mass is 16.5. The SMILES string of the molecule is C[n+]1c(NCCOCCOCCNC(=O)c2ccccc2)nc(Nc2ccc(O)cc2)nc1Nc1ccc(C(=O)NCc2ccc(C(=O)O)cc2)cc1. The molecule has 0 atom stereocenters. The van der Waals surface area contributed by atoms with E-state index in [1.165, 1.54) is 12.1 Å². The van der Waals surface area contributed by atoms with E-state index in [-0.39, 0.29) is 29.7 Å². The Kier molecular flexibility index (Phi) is 13.6. The molecule has 5 rings (SSSR count).